The predicted octanol–water partition coefficient (Wildman–Crippen LogP) is 1.76. The third-order valence-electron chi connectivity index (χ3n) is 2.99. The summed E-state index contributed by atoms with van der Waals surface area (Å²) < 4.78 is 9.00. The van der Waals surface area contributed by atoms with Crippen LogP contribution in [0.25, 0.3) is 11.3 Å². The smallest absolute Gasteiger partial charge is 0.221 e. The maximum absolute atomic E-state index is 6.15. The molecule has 2 aromatic heterocycles. The highest BCUT2D eigenvalue weighted by Gasteiger charge is 2.21. The highest BCUT2D eigenvalue weighted by Crippen LogP contribution is 2.35. The fourth-order valence-electron chi connectivity index (χ4n) is 2.12. The Bertz CT molecular complexity index is 567. The lowest BCUT2D eigenvalue weighted by molar-refractivity contribution is 0.374. The quantitative estimate of drug-likeness (QED) is 0.899. The van der Waals surface area contributed by atoms with Gasteiger partial charge in [0.1, 0.15) is 11.5 Å². The molecule has 98 valence electrons. The van der Waals surface area contributed by atoms with Crippen LogP contribution in [0.3, 0.4) is 0 Å². The van der Waals surface area contributed by atoms with E-state index in [0.717, 1.165) is 17.0 Å². The summed E-state index contributed by atoms with van der Waals surface area (Å²) in [7, 11) is 3.46. The van der Waals surface area contributed by atoms with Gasteiger partial charge in [-0.25, -0.2) is 9.67 Å². The molecule has 0 amide bonds. The molecule has 2 aromatic rings. The Morgan fingerprint density at radius 3 is 2.56 bits per heavy atom. The van der Waals surface area contributed by atoms with E-state index in [2.05, 4.69) is 23.9 Å². The predicted molar refractivity (Wildman–Crippen MR) is 70.5 cm³/mol. The van der Waals surface area contributed by atoms with E-state index < -0.39 is 0 Å². The molecule has 18 heavy (non-hydrogen) atoms. The van der Waals surface area contributed by atoms with Gasteiger partial charge in [-0.15, -0.1) is 0 Å². The van der Waals surface area contributed by atoms with Crippen LogP contribution in [0.5, 0.6) is 5.88 Å². The molecule has 6 nitrogen and oxygen atoms in total. The summed E-state index contributed by atoms with van der Waals surface area (Å²) in [5.74, 6) is 1.31. The van der Waals surface area contributed by atoms with Crippen LogP contribution in [0.15, 0.2) is 6.33 Å². The first-order valence-electron chi connectivity index (χ1n) is 5.87. The highest BCUT2D eigenvalue weighted by molar-refractivity contribution is 5.76. The Balaban J connectivity index is 2.62. The number of anilines is 1. The number of ether oxygens (including phenoxy) is 1. The Morgan fingerprint density at radius 1 is 1.39 bits per heavy atom. The molecule has 0 saturated carbocycles. The average Bonchev–Trinajstić information content (AvgIpc) is 2.78. The third-order valence-corrected chi connectivity index (χ3v) is 2.99. The maximum Gasteiger partial charge on any atom is 0.221 e. The van der Waals surface area contributed by atoms with Crippen LogP contribution in [-0.2, 0) is 7.05 Å². The molecule has 0 fully saturated rings. The van der Waals surface area contributed by atoms with Crippen molar-refractivity contribution in [3.63, 3.8) is 0 Å². The van der Waals surface area contributed by atoms with Gasteiger partial charge in [0, 0.05) is 13.1 Å². The fraction of sp³-hybridized carbons (Fsp3) is 0.500. The molecule has 0 spiro atoms. The monoisotopic (exact) mass is 249 g/mol. The zero-order valence-electron chi connectivity index (χ0n) is 11.4. The lowest BCUT2D eigenvalue weighted by atomic mass is 10.2. The van der Waals surface area contributed by atoms with E-state index in [4.69, 9.17) is 10.5 Å². The van der Waals surface area contributed by atoms with Crippen molar-refractivity contribution in [2.24, 2.45) is 7.05 Å². The summed E-state index contributed by atoms with van der Waals surface area (Å²) in [5, 5.41) is 4.34. The van der Waals surface area contributed by atoms with Crippen LogP contribution < -0.4 is 10.5 Å². The zero-order valence-corrected chi connectivity index (χ0v) is 11.4. The van der Waals surface area contributed by atoms with Crippen molar-refractivity contribution in [1.29, 1.82) is 0 Å². The number of nitrogens with zero attached hydrogens (tertiary/aromatic N) is 4. The lowest BCUT2D eigenvalue weighted by Gasteiger charge is -2.09. The topological polar surface area (TPSA) is 70.9 Å². The van der Waals surface area contributed by atoms with Crippen LogP contribution in [-0.4, -0.2) is 26.4 Å². The van der Waals surface area contributed by atoms with Crippen LogP contribution in [0.1, 0.15) is 25.6 Å². The number of aryl methyl sites for hydroxylation is 2. The van der Waals surface area contributed by atoms with Crippen molar-refractivity contribution >= 4 is 5.82 Å². The number of aromatic nitrogens is 4. The first kappa shape index (κ1) is 12.5. The van der Waals surface area contributed by atoms with Crippen molar-refractivity contribution in [2.75, 3.05) is 12.8 Å². The standard InChI is InChI=1S/C12H19N5O/c1-7(2)17-6-14-10(11(17)13)9-8(3)15-16(4)12(9)18-5/h6-7H,13H2,1-5H3. The number of hydrogen-bond acceptors (Lipinski definition) is 4. The molecule has 0 atom stereocenters. The van der Waals surface area contributed by atoms with Crippen LogP contribution in [0, 0.1) is 6.92 Å². The number of nitrogens with two attached hydrogens (primary N) is 1. The second kappa shape index (κ2) is 4.36. The number of imidazole rings is 1. The van der Waals surface area contributed by atoms with Crippen LogP contribution in [0.2, 0.25) is 0 Å². The van der Waals surface area contributed by atoms with E-state index in [1.165, 1.54) is 0 Å². The SMILES string of the molecule is COc1c(-c2ncn(C(C)C)c2N)c(C)nn1C. The molecule has 0 aliphatic carbocycles. The normalized spacial score (nSPS) is 11.2. The highest BCUT2D eigenvalue weighted by atomic mass is 16.5. The molecule has 0 aliphatic rings. The van der Waals surface area contributed by atoms with Crippen molar-refractivity contribution in [3.05, 3.63) is 12.0 Å². The summed E-state index contributed by atoms with van der Waals surface area (Å²) >= 11 is 0. The van der Waals surface area contributed by atoms with Crippen LogP contribution in [0.4, 0.5) is 5.82 Å². The van der Waals surface area contributed by atoms with Gasteiger partial charge >= 0.3 is 0 Å². The van der Waals surface area contributed by atoms with Gasteiger partial charge < -0.3 is 15.0 Å². The average molecular weight is 249 g/mol. The minimum absolute atomic E-state index is 0.272. The molecule has 0 bridgehead atoms. The van der Waals surface area contributed by atoms with Gasteiger partial charge in [-0.1, -0.05) is 0 Å². The Kier molecular flexibility index (Phi) is 3.02. The van der Waals surface area contributed by atoms with Gasteiger partial charge in [0.15, 0.2) is 0 Å². The van der Waals surface area contributed by atoms with E-state index >= 15 is 0 Å². The van der Waals surface area contributed by atoms with Crippen molar-refractivity contribution in [1.82, 2.24) is 19.3 Å². The molecule has 0 aromatic carbocycles. The van der Waals surface area contributed by atoms with E-state index in [1.807, 2.05) is 18.5 Å². The molecule has 2 N–H and O–H groups in total. The lowest BCUT2D eigenvalue weighted by Crippen LogP contribution is -2.04. The molecule has 0 saturated heterocycles. The molecule has 0 unspecified atom stereocenters. The van der Waals surface area contributed by atoms with E-state index in [1.54, 1.807) is 18.1 Å². The Labute approximate surface area is 106 Å². The van der Waals surface area contributed by atoms with Gasteiger partial charge in [-0.2, -0.15) is 5.10 Å². The largest absolute Gasteiger partial charge is 0.481 e. The maximum atomic E-state index is 6.15. The van der Waals surface area contributed by atoms with Crippen molar-refractivity contribution in [3.8, 4) is 17.1 Å². The van der Waals surface area contributed by atoms with Gasteiger partial charge in [-0.3, -0.25) is 0 Å². The number of methoxy groups -OCH3 is 1. The molecule has 0 aliphatic heterocycles. The summed E-state index contributed by atoms with van der Waals surface area (Å²) in [6.45, 7) is 6.05. The van der Waals surface area contributed by atoms with Crippen molar-refractivity contribution < 1.29 is 4.74 Å². The van der Waals surface area contributed by atoms with Gasteiger partial charge in [0.05, 0.1) is 24.7 Å². The number of hydrogen-bond donors (Lipinski definition) is 1. The summed E-state index contributed by atoms with van der Waals surface area (Å²) in [4.78, 5) is 4.39. The van der Waals surface area contributed by atoms with E-state index in [0.29, 0.717) is 11.7 Å². The van der Waals surface area contributed by atoms with Gasteiger partial charge in [0.2, 0.25) is 5.88 Å². The molecular formula is C12H19N5O. The molecule has 2 rings (SSSR count). The van der Waals surface area contributed by atoms with Gasteiger partial charge in [-0.05, 0) is 20.8 Å². The first-order valence-corrected chi connectivity index (χ1v) is 5.87. The summed E-state index contributed by atoms with van der Waals surface area (Å²) in [6.07, 6.45) is 1.75. The van der Waals surface area contributed by atoms with Gasteiger partial charge in [0.25, 0.3) is 0 Å². The molecule has 0 radical (unpaired) electrons. The second-order valence-corrected chi connectivity index (χ2v) is 4.57. The summed E-state index contributed by atoms with van der Waals surface area (Å²) in [6, 6.07) is 0.272. The number of nitrogen functional groups attached to an aromatic ring is 1. The number of rotatable bonds is 3. The Hall–Kier alpha value is -1.98. The van der Waals surface area contributed by atoms with Crippen molar-refractivity contribution in [2.45, 2.75) is 26.8 Å². The molecular weight excluding hydrogens is 230 g/mol. The molecule has 2 heterocycles. The summed E-state index contributed by atoms with van der Waals surface area (Å²) in [5.41, 5.74) is 8.59. The first-order chi connectivity index (χ1) is 8.47. The van der Waals surface area contributed by atoms with Crippen LogP contribution >= 0.6 is 0 Å². The van der Waals surface area contributed by atoms with E-state index in [9.17, 15) is 0 Å². The zero-order chi connectivity index (χ0) is 13.4. The van der Waals surface area contributed by atoms with E-state index in [-0.39, 0.29) is 6.04 Å². The second-order valence-electron chi connectivity index (χ2n) is 4.57. The minimum Gasteiger partial charge on any atom is -0.481 e. The Morgan fingerprint density at radius 2 is 2.06 bits per heavy atom. The molecule has 6 heteroatoms. The minimum atomic E-state index is 0.272. The third kappa shape index (κ3) is 1.73. The fourth-order valence-corrected chi connectivity index (χ4v) is 2.12.